The van der Waals surface area contributed by atoms with E-state index in [2.05, 4.69) is 13.8 Å². The van der Waals surface area contributed by atoms with Gasteiger partial charge in [0, 0.05) is 6.92 Å². The molecule has 2 heteroatoms. The molecule has 0 unspecified atom stereocenters. The second kappa shape index (κ2) is 19.8. The number of unbranched alkanes of at least 4 members (excludes halogenated alkanes) is 14. The first-order chi connectivity index (χ1) is 12.2. The van der Waals surface area contributed by atoms with Gasteiger partial charge in [-0.15, -0.1) is 0 Å². The van der Waals surface area contributed by atoms with Crippen LogP contribution < -0.4 is 0 Å². The highest BCUT2D eigenvalue weighted by Crippen LogP contribution is 2.17. The number of hydrogen-bond acceptors (Lipinski definition) is 2. The summed E-state index contributed by atoms with van der Waals surface area (Å²) in [5.74, 6) is -0.107. The van der Waals surface area contributed by atoms with Crippen molar-refractivity contribution in [3.63, 3.8) is 0 Å². The van der Waals surface area contributed by atoms with Gasteiger partial charge in [0.05, 0.1) is 0 Å². The first-order valence-electron chi connectivity index (χ1n) is 11.4. The second-order valence-corrected chi connectivity index (χ2v) is 7.76. The highest BCUT2D eigenvalue weighted by Gasteiger charge is 2.11. The predicted molar refractivity (Wildman–Crippen MR) is 110 cm³/mol. The van der Waals surface area contributed by atoms with Crippen molar-refractivity contribution in [1.82, 2.24) is 0 Å². The van der Waals surface area contributed by atoms with Crippen LogP contribution >= 0.6 is 0 Å². The van der Waals surface area contributed by atoms with E-state index >= 15 is 0 Å². The molecule has 0 atom stereocenters. The summed E-state index contributed by atoms with van der Waals surface area (Å²) >= 11 is 0. The van der Waals surface area contributed by atoms with Gasteiger partial charge in [-0.25, -0.2) is 0 Å². The molecule has 0 N–H and O–H groups in total. The molecule has 0 aliphatic heterocycles. The van der Waals surface area contributed by atoms with E-state index in [0.29, 0.717) is 0 Å². The number of carbonyl (C=O) groups is 1. The molecule has 0 spiro atoms. The summed E-state index contributed by atoms with van der Waals surface area (Å²) in [5.41, 5.74) is 0. The highest BCUT2D eigenvalue weighted by atomic mass is 16.5. The van der Waals surface area contributed by atoms with Gasteiger partial charge >= 0.3 is 5.97 Å². The smallest absolute Gasteiger partial charge is 0.302 e. The zero-order valence-electron chi connectivity index (χ0n) is 17.6. The summed E-state index contributed by atoms with van der Waals surface area (Å²) in [7, 11) is 0. The van der Waals surface area contributed by atoms with Gasteiger partial charge in [-0.3, -0.25) is 4.79 Å². The molecule has 150 valence electrons. The Morgan fingerprint density at radius 3 is 1.24 bits per heavy atom. The fraction of sp³-hybridized carbons (Fsp3) is 0.957. The summed E-state index contributed by atoms with van der Waals surface area (Å²) in [6.07, 6.45) is 23.7. The number of rotatable bonds is 19. The minimum absolute atomic E-state index is 0.107. The number of hydrogen-bond donors (Lipinski definition) is 0. The lowest BCUT2D eigenvalue weighted by atomic mass is 10.0. The Morgan fingerprint density at radius 1 is 0.600 bits per heavy atom. The van der Waals surface area contributed by atoms with E-state index in [9.17, 15) is 4.79 Å². The molecule has 0 radical (unpaired) electrons. The molecule has 0 saturated carbocycles. The first kappa shape index (κ1) is 24.5. The zero-order valence-corrected chi connectivity index (χ0v) is 17.6. The Balaban J connectivity index is 3.60. The summed E-state index contributed by atoms with van der Waals surface area (Å²) in [6.45, 7) is 6.08. The van der Waals surface area contributed by atoms with Crippen LogP contribution in [0.2, 0.25) is 0 Å². The number of ether oxygens (including phenoxy) is 1. The molecule has 0 amide bonds. The van der Waals surface area contributed by atoms with Crippen LogP contribution in [0.15, 0.2) is 0 Å². The molecule has 0 aromatic carbocycles. The molecule has 0 saturated heterocycles. The van der Waals surface area contributed by atoms with Crippen LogP contribution in [0, 0.1) is 0 Å². The maximum atomic E-state index is 11.3. The van der Waals surface area contributed by atoms with E-state index in [0.717, 1.165) is 12.8 Å². The molecule has 25 heavy (non-hydrogen) atoms. The largest absolute Gasteiger partial charge is 0.463 e. The van der Waals surface area contributed by atoms with Crippen LogP contribution in [-0.4, -0.2) is 12.1 Å². The van der Waals surface area contributed by atoms with E-state index in [1.54, 1.807) is 6.92 Å². The molecule has 0 aliphatic carbocycles. The van der Waals surface area contributed by atoms with Crippen LogP contribution in [-0.2, 0) is 9.53 Å². The van der Waals surface area contributed by atoms with E-state index in [1.165, 1.54) is 103 Å². The molecule has 0 rings (SSSR count). The van der Waals surface area contributed by atoms with Crippen molar-refractivity contribution in [3.05, 3.63) is 0 Å². The zero-order chi connectivity index (χ0) is 18.6. The summed E-state index contributed by atoms with van der Waals surface area (Å²) in [5, 5.41) is 0. The van der Waals surface area contributed by atoms with Gasteiger partial charge in [0.1, 0.15) is 6.10 Å². The van der Waals surface area contributed by atoms with Crippen LogP contribution in [0.25, 0.3) is 0 Å². The third-order valence-corrected chi connectivity index (χ3v) is 5.09. The minimum atomic E-state index is -0.107. The van der Waals surface area contributed by atoms with E-state index in [-0.39, 0.29) is 12.1 Å². The average molecular weight is 355 g/mol. The summed E-state index contributed by atoms with van der Waals surface area (Å²) in [6, 6.07) is 0. The average Bonchev–Trinajstić information content (AvgIpc) is 2.58. The van der Waals surface area contributed by atoms with Gasteiger partial charge in [0.2, 0.25) is 0 Å². The SMILES string of the molecule is CCCCCCCCCCC(CCCCCCCCCC)OC(C)=O. The Hall–Kier alpha value is -0.530. The van der Waals surface area contributed by atoms with Crippen LogP contribution in [0.4, 0.5) is 0 Å². The van der Waals surface area contributed by atoms with Crippen molar-refractivity contribution in [2.45, 2.75) is 142 Å². The Morgan fingerprint density at radius 2 is 0.920 bits per heavy atom. The van der Waals surface area contributed by atoms with Crippen molar-refractivity contribution in [1.29, 1.82) is 0 Å². The lowest BCUT2D eigenvalue weighted by Crippen LogP contribution is -2.16. The normalized spacial score (nSPS) is 11.2. The molecule has 0 aromatic heterocycles. The Labute approximate surface area is 158 Å². The summed E-state index contributed by atoms with van der Waals surface area (Å²) in [4.78, 5) is 11.3. The van der Waals surface area contributed by atoms with E-state index in [1.807, 2.05) is 0 Å². The van der Waals surface area contributed by atoms with Crippen LogP contribution in [0.3, 0.4) is 0 Å². The maximum Gasteiger partial charge on any atom is 0.302 e. The molecule has 0 fully saturated rings. The van der Waals surface area contributed by atoms with Crippen molar-refractivity contribution in [2.75, 3.05) is 0 Å². The standard InChI is InChI=1S/C23H46O2/c1-4-6-8-10-12-14-16-18-20-23(25-22(3)24)21-19-17-15-13-11-9-7-5-2/h23H,4-21H2,1-3H3. The first-order valence-corrected chi connectivity index (χ1v) is 11.4. The Kier molecular flexibility index (Phi) is 19.4. The molecule has 2 nitrogen and oxygen atoms in total. The van der Waals surface area contributed by atoms with Gasteiger partial charge in [0.25, 0.3) is 0 Å². The minimum Gasteiger partial charge on any atom is -0.463 e. The lowest BCUT2D eigenvalue weighted by Gasteiger charge is -2.17. The monoisotopic (exact) mass is 354 g/mol. The van der Waals surface area contributed by atoms with Crippen LogP contribution in [0.5, 0.6) is 0 Å². The van der Waals surface area contributed by atoms with Crippen molar-refractivity contribution in [2.24, 2.45) is 0 Å². The Bertz CT molecular complexity index is 255. The van der Waals surface area contributed by atoms with Gasteiger partial charge in [-0.2, -0.15) is 0 Å². The highest BCUT2D eigenvalue weighted by molar-refractivity contribution is 5.66. The third-order valence-electron chi connectivity index (χ3n) is 5.09. The fourth-order valence-electron chi connectivity index (χ4n) is 3.51. The van der Waals surface area contributed by atoms with Crippen molar-refractivity contribution in [3.8, 4) is 0 Å². The molecule has 0 heterocycles. The molecule has 0 aliphatic rings. The van der Waals surface area contributed by atoms with Gasteiger partial charge < -0.3 is 4.74 Å². The third kappa shape index (κ3) is 19.6. The van der Waals surface area contributed by atoms with E-state index in [4.69, 9.17) is 4.74 Å². The topological polar surface area (TPSA) is 26.3 Å². The maximum absolute atomic E-state index is 11.3. The number of carbonyl (C=O) groups excluding carboxylic acids is 1. The van der Waals surface area contributed by atoms with Gasteiger partial charge in [0.15, 0.2) is 0 Å². The van der Waals surface area contributed by atoms with Gasteiger partial charge in [-0.1, -0.05) is 104 Å². The summed E-state index contributed by atoms with van der Waals surface area (Å²) < 4.78 is 5.53. The molecule has 0 bridgehead atoms. The van der Waals surface area contributed by atoms with Gasteiger partial charge in [-0.05, 0) is 25.7 Å². The van der Waals surface area contributed by atoms with Crippen molar-refractivity contribution >= 4 is 5.97 Å². The predicted octanol–water partition coefficient (Wildman–Crippen LogP) is 7.98. The molecular weight excluding hydrogens is 308 g/mol. The van der Waals surface area contributed by atoms with E-state index < -0.39 is 0 Å². The van der Waals surface area contributed by atoms with Crippen LogP contribution in [0.1, 0.15) is 136 Å². The number of esters is 1. The second-order valence-electron chi connectivity index (χ2n) is 7.76. The molecule has 0 aromatic rings. The lowest BCUT2D eigenvalue weighted by molar-refractivity contribution is -0.147. The van der Waals surface area contributed by atoms with Crippen molar-refractivity contribution < 1.29 is 9.53 Å². The fourth-order valence-corrected chi connectivity index (χ4v) is 3.51. The quantitative estimate of drug-likeness (QED) is 0.173. The molecular formula is C23H46O2.